The Morgan fingerprint density at radius 1 is 1.12 bits per heavy atom. The van der Waals surface area contributed by atoms with Crippen molar-refractivity contribution in [2.24, 2.45) is 5.16 Å². The Morgan fingerprint density at radius 3 is 2.70 bits per heavy atom. The monoisotopic (exact) mass is 587 g/mol. The molecule has 0 bridgehead atoms. The van der Waals surface area contributed by atoms with E-state index in [0.29, 0.717) is 48.8 Å². The third kappa shape index (κ3) is 7.48. The van der Waals surface area contributed by atoms with Gasteiger partial charge in [0.15, 0.2) is 5.76 Å². The smallest absolute Gasteiger partial charge is 0.269 e. The number of unbranched alkanes of at least 4 members (excludes halogenated alkanes) is 2. The molecule has 1 amide bonds. The SMILES string of the molecule is CCC(=O)CCCCC[C@H](NC(=O)C1=NOC2(CCN(C)CC2)C1)c1ncc(-c2ccc(-c3cccnc3)cc2OC)o1. The summed E-state index contributed by atoms with van der Waals surface area (Å²) in [6, 6.07) is 9.31. The molecule has 1 N–H and O–H groups in total. The molecule has 2 aromatic heterocycles. The zero-order valence-corrected chi connectivity index (χ0v) is 25.3. The number of piperidine rings is 1. The summed E-state index contributed by atoms with van der Waals surface area (Å²) in [5.74, 6) is 1.61. The molecule has 1 fully saturated rings. The van der Waals surface area contributed by atoms with Crippen LogP contribution in [0.15, 0.2) is 58.5 Å². The third-order valence-electron chi connectivity index (χ3n) is 8.43. The van der Waals surface area contributed by atoms with Crippen LogP contribution in [-0.4, -0.2) is 65.1 Å². The molecule has 1 atom stereocenters. The van der Waals surface area contributed by atoms with Crippen LogP contribution in [0.4, 0.5) is 0 Å². The van der Waals surface area contributed by atoms with Crippen LogP contribution in [0.25, 0.3) is 22.5 Å². The van der Waals surface area contributed by atoms with Gasteiger partial charge in [-0.3, -0.25) is 14.6 Å². The van der Waals surface area contributed by atoms with Crippen molar-refractivity contribution in [2.75, 3.05) is 27.2 Å². The number of oxime groups is 1. The van der Waals surface area contributed by atoms with Crippen molar-refractivity contribution in [3.8, 4) is 28.2 Å². The Bertz CT molecular complexity index is 1430. The van der Waals surface area contributed by atoms with Gasteiger partial charge in [0.2, 0.25) is 5.89 Å². The normalized spacial score (nSPS) is 16.9. The lowest BCUT2D eigenvalue weighted by Gasteiger charge is -2.35. The van der Waals surface area contributed by atoms with E-state index in [0.717, 1.165) is 61.9 Å². The van der Waals surface area contributed by atoms with Gasteiger partial charge in [0, 0.05) is 63.2 Å². The molecular formula is C33H41N5O5. The molecule has 0 saturated carbocycles. The molecule has 4 heterocycles. The first-order chi connectivity index (χ1) is 20.9. The van der Waals surface area contributed by atoms with Gasteiger partial charge in [-0.2, -0.15) is 0 Å². The minimum absolute atomic E-state index is 0.264. The van der Waals surface area contributed by atoms with Gasteiger partial charge in [-0.1, -0.05) is 37.1 Å². The quantitative estimate of drug-likeness (QED) is 0.252. The highest BCUT2D eigenvalue weighted by Crippen LogP contribution is 2.37. The number of carbonyl (C=O) groups is 2. The second kappa shape index (κ2) is 13.9. The zero-order valence-electron chi connectivity index (χ0n) is 25.3. The topological polar surface area (TPSA) is 119 Å². The van der Waals surface area contributed by atoms with E-state index in [-0.39, 0.29) is 11.7 Å². The van der Waals surface area contributed by atoms with Gasteiger partial charge in [-0.25, -0.2) is 4.98 Å². The van der Waals surface area contributed by atoms with E-state index < -0.39 is 11.6 Å². The van der Waals surface area contributed by atoms with Crippen LogP contribution in [0.3, 0.4) is 0 Å². The lowest BCUT2D eigenvalue weighted by Crippen LogP contribution is -2.44. The molecule has 43 heavy (non-hydrogen) atoms. The number of likely N-dealkylation sites (tertiary alicyclic amines) is 1. The number of oxazole rings is 1. The maximum absolute atomic E-state index is 13.4. The van der Waals surface area contributed by atoms with Crippen molar-refractivity contribution in [3.63, 3.8) is 0 Å². The van der Waals surface area contributed by atoms with E-state index in [4.69, 9.17) is 14.0 Å². The van der Waals surface area contributed by atoms with E-state index in [2.05, 4.69) is 32.4 Å². The Kier molecular flexibility index (Phi) is 9.86. The number of amides is 1. The number of benzene rings is 1. The van der Waals surface area contributed by atoms with Crippen LogP contribution in [0.1, 0.15) is 76.6 Å². The Morgan fingerprint density at radius 2 is 1.95 bits per heavy atom. The van der Waals surface area contributed by atoms with Gasteiger partial charge in [-0.15, -0.1) is 0 Å². The number of hydrogen-bond acceptors (Lipinski definition) is 9. The number of pyridine rings is 1. The number of methoxy groups -OCH3 is 1. The van der Waals surface area contributed by atoms with Gasteiger partial charge in [0.05, 0.1) is 18.9 Å². The summed E-state index contributed by atoms with van der Waals surface area (Å²) in [6.07, 6.45) is 11.7. The van der Waals surface area contributed by atoms with Gasteiger partial charge in [0.1, 0.15) is 28.9 Å². The highest BCUT2D eigenvalue weighted by molar-refractivity contribution is 6.39. The molecule has 0 unspecified atom stereocenters. The highest BCUT2D eigenvalue weighted by Gasteiger charge is 2.43. The standard InChI is InChI=1S/C33H41N5O5/c1-4-25(39)10-6-5-7-11-27(36-31(40)28-20-33(43-37-28)14-17-38(2)18-15-33)32-35-22-30(42-32)26-13-12-23(19-29(26)41-3)24-9-8-16-34-21-24/h8-9,12-13,16,19,21-22,27H,4-7,10-11,14-15,17-18,20H2,1-3H3,(H,36,40)/t27-/m0/s1. The van der Waals surface area contributed by atoms with Crippen molar-refractivity contribution >= 4 is 17.4 Å². The maximum Gasteiger partial charge on any atom is 0.269 e. The summed E-state index contributed by atoms with van der Waals surface area (Å²) in [7, 11) is 3.71. The Balaban J connectivity index is 1.31. The summed E-state index contributed by atoms with van der Waals surface area (Å²) < 4.78 is 12.0. The summed E-state index contributed by atoms with van der Waals surface area (Å²) >= 11 is 0. The molecule has 2 aliphatic heterocycles. The molecule has 3 aromatic rings. The lowest BCUT2D eigenvalue weighted by atomic mass is 9.87. The first-order valence-corrected chi connectivity index (χ1v) is 15.2. The second-order valence-electron chi connectivity index (χ2n) is 11.5. The van der Waals surface area contributed by atoms with Gasteiger partial charge >= 0.3 is 0 Å². The second-order valence-corrected chi connectivity index (χ2v) is 11.5. The van der Waals surface area contributed by atoms with Crippen LogP contribution < -0.4 is 10.1 Å². The molecule has 10 nitrogen and oxygen atoms in total. The highest BCUT2D eigenvalue weighted by atomic mass is 16.7. The lowest BCUT2D eigenvalue weighted by molar-refractivity contribution is -0.119. The molecule has 228 valence electrons. The van der Waals surface area contributed by atoms with Crippen molar-refractivity contribution in [1.82, 2.24) is 20.2 Å². The van der Waals surface area contributed by atoms with Crippen LogP contribution in [0, 0.1) is 0 Å². The first kappa shape index (κ1) is 30.4. The van der Waals surface area contributed by atoms with Crippen LogP contribution in [-0.2, 0) is 14.4 Å². The predicted molar refractivity (Wildman–Crippen MR) is 164 cm³/mol. The third-order valence-corrected chi connectivity index (χ3v) is 8.43. The van der Waals surface area contributed by atoms with E-state index in [9.17, 15) is 9.59 Å². The van der Waals surface area contributed by atoms with Crippen LogP contribution in [0.2, 0.25) is 0 Å². The van der Waals surface area contributed by atoms with E-state index >= 15 is 0 Å². The van der Waals surface area contributed by atoms with Gasteiger partial charge in [0.25, 0.3) is 5.91 Å². The van der Waals surface area contributed by atoms with E-state index in [1.807, 2.05) is 37.3 Å². The molecule has 1 spiro atoms. The first-order valence-electron chi connectivity index (χ1n) is 15.2. The summed E-state index contributed by atoms with van der Waals surface area (Å²) in [5.41, 5.74) is 2.73. The molecule has 1 saturated heterocycles. The number of carbonyl (C=O) groups excluding carboxylic acids is 2. The molecule has 0 aliphatic carbocycles. The van der Waals surface area contributed by atoms with E-state index in [1.165, 1.54) is 0 Å². The Labute approximate surface area is 252 Å². The number of Topliss-reactive ketones (excluding diaryl/α,β-unsaturated/α-hetero) is 1. The van der Waals surface area contributed by atoms with Crippen molar-refractivity contribution in [1.29, 1.82) is 0 Å². The molecule has 10 heteroatoms. The molecular weight excluding hydrogens is 546 g/mol. The minimum atomic E-state index is -0.458. The minimum Gasteiger partial charge on any atom is -0.496 e. The molecule has 0 radical (unpaired) electrons. The summed E-state index contributed by atoms with van der Waals surface area (Å²) in [5, 5.41) is 7.33. The van der Waals surface area contributed by atoms with Crippen molar-refractivity contribution in [2.45, 2.75) is 76.4 Å². The average molecular weight is 588 g/mol. The summed E-state index contributed by atoms with van der Waals surface area (Å²) in [4.78, 5) is 42.0. The van der Waals surface area contributed by atoms with Gasteiger partial charge in [-0.05, 0) is 43.7 Å². The molecule has 5 rings (SSSR count). The fraction of sp³-hybridized carbons (Fsp3) is 0.485. The fourth-order valence-electron chi connectivity index (χ4n) is 5.64. The van der Waals surface area contributed by atoms with Crippen LogP contribution >= 0.6 is 0 Å². The van der Waals surface area contributed by atoms with Crippen molar-refractivity contribution in [3.05, 3.63) is 54.8 Å². The maximum atomic E-state index is 13.4. The number of nitrogens with one attached hydrogen (secondary N) is 1. The Hall–Kier alpha value is -4.05. The van der Waals surface area contributed by atoms with Gasteiger partial charge < -0.3 is 24.2 Å². The number of hydrogen-bond donors (Lipinski definition) is 1. The number of aromatic nitrogens is 2. The summed E-state index contributed by atoms with van der Waals surface area (Å²) in [6.45, 7) is 3.72. The number of ether oxygens (including phenoxy) is 1. The molecule has 2 aliphatic rings. The predicted octanol–water partition coefficient (Wildman–Crippen LogP) is 5.74. The molecule has 1 aromatic carbocycles. The fourth-order valence-corrected chi connectivity index (χ4v) is 5.64. The largest absolute Gasteiger partial charge is 0.496 e. The average Bonchev–Trinajstić information content (AvgIpc) is 3.70. The number of nitrogens with zero attached hydrogens (tertiary/aromatic N) is 4. The van der Waals surface area contributed by atoms with E-state index in [1.54, 1.807) is 25.7 Å². The zero-order chi connectivity index (χ0) is 30.2. The van der Waals surface area contributed by atoms with Crippen LogP contribution in [0.5, 0.6) is 5.75 Å². The number of ketones is 1. The van der Waals surface area contributed by atoms with Crippen molar-refractivity contribution < 1.29 is 23.6 Å². The number of rotatable bonds is 13.